The van der Waals surface area contributed by atoms with Gasteiger partial charge >= 0.3 is 0 Å². The van der Waals surface area contributed by atoms with Crippen LogP contribution >= 0.6 is 0 Å². The van der Waals surface area contributed by atoms with Crippen molar-refractivity contribution in [3.8, 4) is 0 Å². The molecule has 0 saturated heterocycles. The second-order valence-corrected chi connectivity index (χ2v) is 5.25. The maximum atomic E-state index is 12.1. The molecule has 2 nitrogen and oxygen atoms in total. The number of hydrogen-bond acceptors (Lipinski definition) is 2. The molecule has 0 aliphatic heterocycles. The third-order valence-corrected chi connectivity index (χ3v) is 3.53. The van der Waals surface area contributed by atoms with Crippen molar-refractivity contribution in [3.63, 3.8) is 0 Å². The number of anilines is 1. The van der Waals surface area contributed by atoms with E-state index in [1.165, 1.54) is 16.8 Å². The molecule has 0 bridgehead atoms. The normalized spacial score (nSPS) is 10.3. The Kier molecular flexibility index (Phi) is 4.57. The lowest BCUT2D eigenvalue weighted by Crippen LogP contribution is -2.22. The number of rotatable bonds is 5. The molecule has 0 saturated carbocycles. The first-order valence-electron chi connectivity index (χ1n) is 6.94. The number of hydrogen-bond donors (Lipinski definition) is 0. The van der Waals surface area contributed by atoms with Crippen molar-refractivity contribution in [1.82, 2.24) is 0 Å². The van der Waals surface area contributed by atoms with E-state index in [1.807, 2.05) is 37.4 Å². The number of carbonyl (C=O) groups is 1. The highest BCUT2D eigenvalue weighted by molar-refractivity contribution is 5.96. The van der Waals surface area contributed by atoms with Crippen LogP contribution < -0.4 is 4.90 Å². The average molecular weight is 267 g/mol. The van der Waals surface area contributed by atoms with E-state index in [1.54, 1.807) is 0 Å². The summed E-state index contributed by atoms with van der Waals surface area (Å²) in [4.78, 5) is 14.2. The van der Waals surface area contributed by atoms with E-state index in [-0.39, 0.29) is 5.78 Å². The molecule has 0 unspecified atom stereocenters. The summed E-state index contributed by atoms with van der Waals surface area (Å²) in [6, 6.07) is 15.9. The Balaban J connectivity index is 1.98. The van der Waals surface area contributed by atoms with Gasteiger partial charge in [0.25, 0.3) is 0 Å². The van der Waals surface area contributed by atoms with Crippen molar-refractivity contribution < 1.29 is 4.79 Å². The first-order valence-corrected chi connectivity index (χ1v) is 6.94. The summed E-state index contributed by atoms with van der Waals surface area (Å²) in [5, 5.41) is 0. The summed E-state index contributed by atoms with van der Waals surface area (Å²) in [5.41, 5.74) is 4.50. The van der Waals surface area contributed by atoms with Gasteiger partial charge in [0.05, 0.1) is 0 Å². The van der Waals surface area contributed by atoms with Gasteiger partial charge in [0, 0.05) is 31.3 Å². The Morgan fingerprint density at radius 2 is 1.75 bits per heavy atom. The van der Waals surface area contributed by atoms with Crippen LogP contribution in [0.4, 0.5) is 5.69 Å². The summed E-state index contributed by atoms with van der Waals surface area (Å²) in [6.45, 7) is 4.94. The molecule has 2 heteroatoms. The predicted octanol–water partition coefficient (Wildman–Crippen LogP) is 4.01. The molecular weight excluding hydrogens is 246 g/mol. The summed E-state index contributed by atoms with van der Waals surface area (Å²) in [7, 11) is 2.04. The van der Waals surface area contributed by atoms with Gasteiger partial charge in [-0.2, -0.15) is 0 Å². The molecule has 0 amide bonds. The third-order valence-electron chi connectivity index (χ3n) is 3.53. The van der Waals surface area contributed by atoms with Crippen LogP contribution in [0.25, 0.3) is 0 Å². The van der Waals surface area contributed by atoms with Gasteiger partial charge in [-0.15, -0.1) is 0 Å². The maximum Gasteiger partial charge on any atom is 0.164 e. The van der Waals surface area contributed by atoms with E-state index >= 15 is 0 Å². The average Bonchev–Trinajstić information content (AvgIpc) is 2.45. The third kappa shape index (κ3) is 3.47. The molecule has 2 rings (SSSR count). The topological polar surface area (TPSA) is 20.3 Å². The molecule has 0 radical (unpaired) electrons. The lowest BCUT2D eigenvalue weighted by molar-refractivity contribution is 0.0985. The van der Waals surface area contributed by atoms with Gasteiger partial charge in [-0.25, -0.2) is 0 Å². The van der Waals surface area contributed by atoms with Crippen molar-refractivity contribution in [2.75, 3.05) is 18.5 Å². The van der Waals surface area contributed by atoms with Crippen molar-refractivity contribution >= 4 is 11.5 Å². The van der Waals surface area contributed by atoms with Crippen LogP contribution in [-0.2, 0) is 0 Å². The molecule has 2 aromatic rings. The molecule has 0 spiro atoms. The Morgan fingerprint density at radius 1 is 1.05 bits per heavy atom. The number of nitrogens with zero attached hydrogens (tertiary/aromatic N) is 1. The van der Waals surface area contributed by atoms with Gasteiger partial charge in [0.1, 0.15) is 0 Å². The SMILES string of the molecule is Cc1ccc(N(C)CCC(=O)c2ccccc2)c(C)c1. The van der Waals surface area contributed by atoms with E-state index in [9.17, 15) is 4.79 Å². The van der Waals surface area contributed by atoms with Crippen LogP contribution in [0.1, 0.15) is 27.9 Å². The van der Waals surface area contributed by atoms with Crippen molar-refractivity contribution in [3.05, 3.63) is 65.2 Å². The van der Waals surface area contributed by atoms with E-state index in [0.29, 0.717) is 6.42 Å². The summed E-state index contributed by atoms with van der Waals surface area (Å²) >= 11 is 0. The fourth-order valence-electron chi connectivity index (χ4n) is 2.39. The van der Waals surface area contributed by atoms with E-state index in [2.05, 4.69) is 36.9 Å². The summed E-state index contributed by atoms with van der Waals surface area (Å²) in [6.07, 6.45) is 0.536. The summed E-state index contributed by atoms with van der Waals surface area (Å²) in [5.74, 6) is 0.196. The Labute approximate surface area is 121 Å². The first kappa shape index (κ1) is 14.3. The van der Waals surface area contributed by atoms with E-state index < -0.39 is 0 Å². The Bertz CT molecular complexity index is 590. The van der Waals surface area contributed by atoms with Gasteiger partial charge < -0.3 is 4.90 Å². The number of carbonyl (C=O) groups excluding carboxylic acids is 1. The smallest absolute Gasteiger partial charge is 0.164 e. The monoisotopic (exact) mass is 267 g/mol. The quantitative estimate of drug-likeness (QED) is 0.763. The van der Waals surface area contributed by atoms with Gasteiger partial charge in [0.15, 0.2) is 5.78 Å². The van der Waals surface area contributed by atoms with E-state index in [0.717, 1.165) is 12.1 Å². The van der Waals surface area contributed by atoms with E-state index in [4.69, 9.17) is 0 Å². The van der Waals surface area contributed by atoms with Crippen LogP contribution in [0.2, 0.25) is 0 Å². The van der Waals surface area contributed by atoms with Crippen LogP contribution in [0.5, 0.6) is 0 Å². The molecule has 0 aromatic heterocycles. The zero-order valence-electron chi connectivity index (χ0n) is 12.4. The maximum absolute atomic E-state index is 12.1. The lowest BCUT2D eigenvalue weighted by atomic mass is 10.1. The molecule has 2 aromatic carbocycles. The fraction of sp³-hybridized carbons (Fsp3) is 0.278. The zero-order valence-corrected chi connectivity index (χ0v) is 12.4. The molecule has 0 aliphatic carbocycles. The Hall–Kier alpha value is -2.09. The highest BCUT2D eigenvalue weighted by Gasteiger charge is 2.09. The first-order chi connectivity index (χ1) is 9.58. The second kappa shape index (κ2) is 6.38. The molecule has 0 fully saturated rings. The number of benzene rings is 2. The lowest BCUT2D eigenvalue weighted by Gasteiger charge is -2.21. The highest BCUT2D eigenvalue weighted by atomic mass is 16.1. The largest absolute Gasteiger partial charge is 0.374 e. The van der Waals surface area contributed by atoms with Crippen molar-refractivity contribution in [2.45, 2.75) is 20.3 Å². The molecule has 0 aliphatic rings. The van der Waals surface area contributed by atoms with Gasteiger partial charge in [-0.3, -0.25) is 4.79 Å². The molecular formula is C18H21NO. The Morgan fingerprint density at radius 3 is 2.40 bits per heavy atom. The fourth-order valence-corrected chi connectivity index (χ4v) is 2.39. The molecule has 0 N–H and O–H groups in total. The van der Waals surface area contributed by atoms with Crippen LogP contribution in [-0.4, -0.2) is 19.4 Å². The van der Waals surface area contributed by atoms with Gasteiger partial charge in [0.2, 0.25) is 0 Å². The minimum absolute atomic E-state index is 0.196. The van der Waals surface area contributed by atoms with Crippen LogP contribution in [0, 0.1) is 13.8 Å². The molecule has 0 atom stereocenters. The second-order valence-electron chi connectivity index (χ2n) is 5.25. The minimum Gasteiger partial charge on any atom is -0.374 e. The van der Waals surface area contributed by atoms with Gasteiger partial charge in [-0.05, 0) is 25.5 Å². The molecule has 0 heterocycles. The van der Waals surface area contributed by atoms with Crippen LogP contribution in [0.3, 0.4) is 0 Å². The number of ketones is 1. The van der Waals surface area contributed by atoms with Crippen LogP contribution in [0.15, 0.2) is 48.5 Å². The standard InChI is InChI=1S/C18H21NO/c1-14-9-10-17(15(2)13-14)19(3)12-11-18(20)16-7-5-4-6-8-16/h4-10,13H,11-12H2,1-3H3. The van der Waals surface area contributed by atoms with Crippen molar-refractivity contribution in [2.24, 2.45) is 0 Å². The highest BCUT2D eigenvalue weighted by Crippen LogP contribution is 2.20. The molecule has 104 valence electrons. The summed E-state index contributed by atoms with van der Waals surface area (Å²) < 4.78 is 0. The van der Waals surface area contributed by atoms with Gasteiger partial charge in [-0.1, -0.05) is 48.0 Å². The zero-order chi connectivity index (χ0) is 14.5. The minimum atomic E-state index is 0.196. The number of Topliss-reactive ketones (excluding diaryl/α,β-unsaturated/α-hetero) is 1. The molecule has 20 heavy (non-hydrogen) atoms. The predicted molar refractivity (Wildman–Crippen MR) is 84.6 cm³/mol. The van der Waals surface area contributed by atoms with Crippen molar-refractivity contribution in [1.29, 1.82) is 0 Å². The number of aryl methyl sites for hydroxylation is 2.